The Labute approximate surface area is 137 Å². The number of H-pyrrole nitrogens is 1. The van der Waals surface area contributed by atoms with E-state index in [0.29, 0.717) is 31.3 Å². The number of unbranched alkanes of at least 4 members (excludes halogenated alkanes) is 1. The van der Waals surface area contributed by atoms with Gasteiger partial charge < -0.3 is 14.8 Å². The van der Waals surface area contributed by atoms with E-state index in [1.807, 2.05) is 12.1 Å². The molecule has 0 spiro atoms. The summed E-state index contributed by atoms with van der Waals surface area (Å²) in [6, 6.07) is 3.65. The topological polar surface area (TPSA) is 111 Å². The molecule has 1 unspecified atom stereocenters. The molecule has 128 valence electrons. The smallest absolute Gasteiger partial charge is 0.344 e. The van der Waals surface area contributed by atoms with Crippen LogP contribution in [0.4, 0.5) is 0 Å². The van der Waals surface area contributed by atoms with Crippen LogP contribution in [0, 0.1) is 0 Å². The zero-order chi connectivity index (χ0) is 16.8. The lowest BCUT2D eigenvalue weighted by atomic mass is 10.3. The summed E-state index contributed by atoms with van der Waals surface area (Å²) in [5, 5.41) is 7.09. The number of nitrogens with one attached hydrogen (secondary N) is 2. The Morgan fingerprint density at radius 3 is 3.17 bits per heavy atom. The first-order valence-corrected chi connectivity index (χ1v) is 7.84. The van der Waals surface area contributed by atoms with E-state index in [1.165, 1.54) is 4.68 Å². The van der Waals surface area contributed by atoms with E-state index in [4.69, 9.17) is 9.47 Å². The van der Waals surface area contributed by atoms with Crippen LogP contribution in [0.15, 0.2) is 34.1 Å². The van der Waals surface area contributed by atoms with Gasteiger partial charge in [-0.25, -0.2) is 14.5 Å². The second kappa shape index (κ2) is 7.73. The highest BCUT2D eigenvalue weighted by molar-refractivity contribution is 5.34. The van der Waals surface area contributed by atoms with Crippen LogP contribution < -0.4 is 26.0 Å². The molecular formula is C15H19N5O4. The maximum Gasteiger partial charge on any atom is 0.344 e. The third-order valence-electron chi connectivity index (χ3n) is 3.56. The van der Waals surface area contributed by atoms with Crippen LogP contribution >= 0.6 is 0 Å². The summed E-state index contributed by atoms with van der Waals surface area (Å²) in [6.45, 7) is 2.40. The second-order valence-electron chi connectivity index (χ2n) is 5.43. The monoisotopic (exact) mass is 333 g/mol. The third-order valence-corrected chi connectivity index (χ3v) is 3.56. The molecular weight excluding hydrogens is 314 g/mol. The van der Waals surface area contributed by atoms with Crippen molar-refractivity contribution in [3.05, 3.63) is 45.4 Å². The van der Waals surface area contributed by atoms with Crippen LogP contribution in [0.1, 0.15) is 12.8 Å². The van der Waals surface area contributed by atoms with Gasteiger partial charge in [0.15, 0.2) is 5.75 Å². The summed E-state index contributed by atoms with van der Waals surface area (Å²) in [4.78, 5) is 28.7. The van der Waals surface area contributed by atoms with Gasteiger partial charge in [-0.1, -0.05) is 0 Å². The van der Waals surface area contributed by atoms with E-state index in [-0.39, 0.29) is 6.10 Å². The lowest BCUT2D eigenvalue weighted by Gasteiger charge is -2.25. The van der Waals surface area contributed by atoms with Crippen molar-refractivity contribution in [1.29, 1.82) is 0 Å². The number of rotatable bonds is 7. The molecule has 1 aliphatic rings. The average Bonchev–Trinajstić information content (AvgIpc) is 2.59. The fourth-order valence-corrected chi connectivity index (χ4v) is 2.37. The van der Waals surface area contributed by atoms with Gasteiger partial charge in [0.25, 0.3) is 11.4 Å². The molecule has 2 aromatic heterocycles. The van der Waals surface area contributed by atoms with Gasteiger partial charge >= 0.3 is 5.69 Å². The van der Waals surface area contributed by atoms with Crippen molar-refractivity contribution in [2.75, 3.05) is 19.7 Å². The van der Waals surface area contributed by atoms with Gasteiger partial charge in [0, 0.05) is 19.3 Å². The summed E-state index contributed by atoms with van der Waals surface area (Å²) in [7, 11) is 0. The Hall–Kier alpha value is -2.68. The molecule has 1 aliphatic heterocycles. The van der Waals surface area contributed by atoms with Gasteiger partial charge in [0.2, 0.25) is 0 Å². The molecule has 0 radical (unpaired) electrons. The largest absolute Gasteiger partial charge is 0.480 e. The lowest BCUT2D eigenvalue weighted by molar-refractivity contribution is 0.0857. The normalized spacial score (nSPS) is 16.1. The fraction of sp³-hybridized carbons (Fsp3) is 0.467. The van der Waals surface area contributed by atoms with Gasteiger partial charge in [-0.2, -0.15) is 5.10 Å². The highest BCUT2D eigenvalue weighted by atomic mass is 16.6. The maximum absolute atomic E-state index is 11.5. The van der Waals surface area contributed by atoms with Crippen LogP contribution in [0.25, 0.3) is 0 Å². The molecule has 0 saturated heterocycles. The van der Waals surface area contributed by atoms with Crippen LogP contribution in [0.5, 0.6) is 11.6 Å². The Morgan fingerprint density at radius 2 is 2.29 bits per heavy atom. The summed E-state index contributed by atoms with van der Waals surface area (Å²) in [5.41, 5.74) is -0.958. The molecule has 3 rings (SSSR count). The Morgan fingerprint density at radius 1 is 1.38 bits per heavy atom. The Bertz CT molecular complexity index is 788. The maximum atomic E-state index is 11.5. The summed E-state index contributed by atoms with van der Waals surface area (Å²) in [6.07, 6.45) is 4.38. The average molecular weight is 333 g/mol. The van der Waals surface area contributed by atoms with Gasteiger partial charge in [0.05, 0.1) is 0 Å². The molecule has 24 heavy (non-hydrogen) atoms. The molecule has 3 heterocycles. The molecule has 9 nitrogen and oxygen atoms in total. The number of nitrogens with zero attached hydrogens (tertiary/aromatic N) is 3. The highest BCUT2D eigenvalue weighted by Gasteiger charge is 2.20. The molecule has 1 atom stereocenters. The second-order valence-corrected chi connectivity index (χ2v) is 5.43. The zero-order valence-corrected chi connectivity index (χ0v) is 13.1. The third kappa shape index (κ3) is 4.19. The number of pyridine rings is 1. The molecule has 0 aromatic carbocycles. The van der Waals surface area contributed by atoms with Gasteiger partial charge in [-0.15, -0.1) is 0 Å². The van der Waals surface area contributed by atoms with E-state index in [9.17, 15) is 9.59 Å². The number of hydrogen-bond donors (Lipinski definition) is 2. The first-order valence-electron chi connectivity index (χ1n) is 7.84. The van der Waals surface area contributed by atoms with Gasteiger partial charge in [-0.3, -0.25) is 9.78 Å². The number of aromatic nitrogens is 4. The molecule has 0 amide bonds. The Kier molecular flexibility index (Phi) is 5.22. The van der Waals surface area contributed by atoms with Crippen molar-refractivity contribution < 1.29 is 9.47 Å². The minimum atomic E-state index is -0.482. The molecule has 9 heteroatoms. The fourth-order valence-electron chi connectivity index (χ4n) is 2.37. The van der Waals surface area contributed by atoms with Crippen LogP contribution in [-0.4, -0.2) is 45.5 Å². The van der Waals surface area contributed by atoms with E-state index in [1.54, 1.807) is 6.20 Å². The number of aromatic amines is 1. The first-order chi connectivity index (χ1) is 11.7. The molecule has 0 bridgehead atoms. The molecule has 0 fully saturated rings. The lowest BCUT2D eigenvalue weighted by Crippen LogP contribution is -2.39. The zero-order valence-electron chi connectivity index (χ0n) is 13.1. The van der Waals surface area contributed by atoms with Crippen molar-refractivity contribution in [2.45, 2.75) is 25.5 Å². The van der Waals surface area contributed by atoms with Crippen LogP contribution in [0.3, 0.4) is 0 Å². The first kappa shape index (κ1) is 16.2. The van der Waals surface area contributed by atoms with Crippen molar-refractivity contribution in [3.8, 4) is 11.6 Å². The molecule has 2 aromatic rings. The standard InChI is InChI=1S/C15H19N5O4/c21-13-9-18-20(15(22)19-13)7-2-1-5-16-8-11-10-23-14-12(24-11)4-3-6-17-14/h3-4,6,9,11,16H,1-2,5,7-8,10H2,(H,19,21,22). The number of aryl methyl sites for hydroxylation is 1. The predicted molar refractivity (Wildman–Crippen MR) is 85.4 cm³/mol. The number of hydrogen-bond acceptors (Lipinski definition) is 7. The highest BCUT2D eigenvalue weighted by Crippen LogP contribution is 2.27. The van der Waals surface area contributed by atoms with Crippen molar-refractivity contribution in [3.63, 3.8) is 0 Å². The molecule has 0 aliphatic carbocycles. The van der Waals surface area contributed by atoms with Crippen molar-refractivity contribution >= 4 is 0 Å². The minimum Gasteiger partial charge on any atom is -0.480 e. The molecule has 0 saturated carbocycles. The predicted octanol–water partition coefficient (Wildman–Crippen LogP) is -0.464. The van der Waals surface area contributed by atoms with Crippen molar-refractivity contribution in [1.82, 2.24) is 25.1 Å². The van der Waals surface area contributed by atoms with E-state index in [2.05, 4.69) is 20.4 Å². The summed E-state index contributed by atoms with van der Waals surface area (Å²) >= 11 is 0. The SMILES string of the molecule is O=c1cnn(CCCCNCC2COc3ncccc3O2)c(=O)[nH]1. The Balaban J connectivity index is 1.33. The quantitative estimate of drug-likeness (QED) is 0.659. The molecule has 2 N–H and O–H groups in total. The minimum absolute atomic E-state index is 0.0508. The number of fused-ring (bicyclic) bond motifs is 1. The van der Waals surface area contributed by atoms with Gasteiger partial charge in [-0.05, 0) is 31.5 Å². The van der Waals surface area contributed by atoms with Crippen LogP contribution in [-0.2, 0) is 6.54 Å². The van der Waals surface area contributed by atoms with E-state index < -0.39 is 11.2 Å². The van der Waals surface area contributed by atoms with Crippen LogP contribution in [0.2, 0.25) is 0 Å². The van der Waals surface area contributed by atoms with E-state index >= 15 is 0 Å². The summed E-state index contributed by atoms with van der Waals surface area (Å²) in [5.74, 6) is 1.20. The van der Waals surface area contributed by atoms with E-state index in [0.717, 1.165) is 25.6 Å². The van der Waals surface area contributed by atoms with Gasteiger partial charge in [0.1, 0.15) is 18.9 Å². The van der Waals surface area contributed by atoms with Crippen molar-refractivity contribution in [2.24, 2.45) is 0 Å². The summed E-state index contributed by atoms with van der Waals surface area (Å²) < 4.78 is 12.6. The number of ether oxygens (including phenoxy) is 2.